The zero-order chi connectivity index (χ0) is 14.7. The largest absolute Gasteiger partial charge is 0.380 e. The van der Waals surface area contributed by atoms with Crippen molar-refractivity contribution in [3.63, 3.8) is 0 Å². The summed E-state index contributed by atoms with van der Waals surface area (Å²) < 4.78 is 12.9. The van der Waals surface area contributed by atoms with Crippen molar-refractivity contribution in [1.29, 1.82) is 0 Å². The van der Waals surface area contributed by atoms with Crippen molar-refractivity contribution in [3.8, 4) is 0 Å². The van der Waals surface area contributed by atoms with Crippen LogP contribution in [-0.4, -0.2) is 4.92 Å². The number of hydrogen-bond donors (Lipinski definition) is 1. The molecule has 0 unspecified atom stereocenters. The van der Waals surface area contributed by atoms with Gasteiger partial charge >= 0.3 is 0 Å². The van der Waals surface area contributed by atoms with Gasteiger partial charge in [-0.15, -0.1) is 0 Å². The maximum Gasteiger partial charge on any atom is 0.274 e. The normalized spacial score (nSPS) is 10.3. The van der Waals surface area contributed by atoms with E-state index in [1.54, 1.807) is 25.1 Å². The third kappa shape index (κ3) is 3.05. The summed E-state index contributed by atoms with van der Waals surface area (Å²) in [4.78, 5) is 10.4. The molecule has 0 aliphatic rings. The zero-order valence-electron chi connectivity index (χ0n) is 10.7. The Morgan fingerprint density at radius 2 is 2.10 bits per heavy atom. The minimum absolute atomic E-state index is 0.0557. The van der Waals surface area contributed by atoms with E-state index in [9.17, 15) is 14.5 Å². The number of rotatable bonds is 4. The molecule has 6 heteroatoms. The van der Waals surface area contributed by atoms with Gasteiger partial charge in [-0.05, 0) is 30.7 Å². The molecular weight excluding hydrogens is 283 g/mol. The van der Waals surface area contributed by atoms with Crippen LogP contribution in [0.5, 0.6) is 0 Å². The first-order chi connectivity index (χ1) is 9.49. The van der Waals surface area contributed by atoms with Crippen LogP contribution in [0.3, 0.4) is 0 Å². The Morgan fingerprint density at radius 3 is 2.75 bits per heavy atom. The van der Waals surface area contributed by atoms with E-state index >= 15 is 0 Å². The summed E-state index contributed by atoms with van der Waals surface area (Å²) in [5.41, 5.74) is 1.98. The minimum Gasteiger partial charge on any atom is -0.380 e. The topological polar surface area (TPSA) is 55.2 Å². The van der Waals surface area contributed by atoms with Crippen molar-refractivity contribution >= 4 is 23.0 Å². The van der Waals surface area contributed by atoms with Crippen LogP contribution in [0.25, 0.3) is 0 Å². The van der Waals surface area contributed by atoms with Gasteiger partial charge in [0.1, 0.15) is 5.82 Å². The third-order valence-corrected chi connectivity index (χ3v) is 3.34. The number of benzene rings is 2. The van der Waals surface area contributed by atoms with Crippen molar-refractivity contribution in [2.75, 3.05) is 5.32 Å². The van der Waals surface area contributed by atoms with Crippen molar-refractivity contribution in [3.05, 3.63) is 68.5 Å². The fourth-order valence-electron chi connectivity index (χ4n) is 1.87. The van der Waals surface area contributed by atoms with E-state index in [-0.39, 0.29) is 5.69 Å². The number of anilines is 1. The fourth-order valence-corrected chi connectivity index (χ4v) is 2.10. The number of hydrogen-bond acceptors (Lipinski definition) is 3. The lowest BCUT2D eigenvalue weighted by Gasteiger charge is -2.10. The number of nitrogens with one attached hydrogen (secondary N) is 1. The van der Waals surface area contributed by atoms with E-state index in [0.29, 0.717) is 22.8 Å². The molecule has 0 amide bonds. The predicted octanol–water partition coefficient (Wildman–Crippen LogP) is 4.31. The highest BCUT2D eigenvalue weighted by molar-refractivity contribution is 6.31. The average Bonchev–Trinajstić information content (AvgIpc) is 2.39. The fraction of sp³-hybridized carbons (Fsp3) is 0.143. The first-order valence-electron chi connectivity index (χ1n) is 5.91. The third-order valence-electron chi connectivity index (χ3n) is 2.99. The van der Waals surface area contributed by atoms with Crippen LogP contribution in [0, 0.1) is 22.9 Å². The number of halogens is 2. The van der Waals surface area contributed by atoms with Gasteiger partial charge < -0.3 is 5.32 Å². The van der Waals surface area contributed by atoms with Crippen LogP contribution in [0.1, 0.15) is 11.1 Å². The van der Waals surface area contributed by atoms with Gasteiger partial charge in [-0.1, -0.05) is 23.7 Å². The molecule has 20 heavy (non-hydrogen) atoms. The van der Waals surface area contributed by atoms with Crippen molar-refractivity contribution < 1.29 is 9.31 Å². The molecule has 0 atom stereocenters. The maximum absolute atomic E-state index is 12.9. The van der Waals surface area contributed by atoms with Crippen molar-refractivity contribution in [2.24, 2.45) is 0 Å². The number of nitro groups is 1. The van der Waals surface area contributed by atoms with Crippen LogP contribution in [0.4, 0.5) is 15.8 Å². The van der Waals surface area contributed by atoms with Crippen LogP contribution in [0.15, 0.2) is 36.4 Å². The van der Waals surface area contributed by atoms with Gasteiger partial charge in [0.15, 0.2) is 0 Å². The summed E-state index contributed by atoms with van der Waals surface area (Å²) >= 11 is 5.93. The van der Waals surface area contributed by atoms with E-state index in [1.165, 1.54) is 18.2 Å². The number of nitro benzene ring substituents is 1. The molecule has 0 aromatic heterocycles. The van der Waals surface area contributed by atoms with E-state index in [1.807, 2.05) is 0 Å². The highest BCUT2D eigenvalue weighted by Crippen LogP contribution is 2.26. The maximum atomic E-state index is 12.9. The van der Waals surface area contributed by atoms with Gasteiger partial charge in [-0.25, -0.2) is 4.39 Å². The second kappa shape index (κ2) is 5.88. The lowest BCUT2D eigenvalue weighted by atomic mass is 10.1. The molecule has 0 aliphatic heterocycles. The van der Waals surface area contributed by atoms with Gasteiger partial charge in [0.25, 0.3) is 5.69 Å². The molecule has 0 fully saturated rings. The lowest BCUT2D eigenvalue weighted by Crippen LogP contribution is -2.03. The van der Waals surface area contributed by atoms with Crippen molar-refractivity contribution in [1.82, 2.24) is 0 Å². The Bertz CT molecular complexity index is 662. The minimum atomic E-state index is -0.425. The van der Waals surface area contributed by atoms with Crippen LogP contribution in [0.2, 0.25) is 5.02 Å². The molecular formula is C14H12ClFN2O2. The molecule has 4 nitrogen and oxygen atoms in total. The Kier molecular flexibility index (Phi) is 4.20. The van der Waals surface area contributed by atoms with Crippen LogP contribution < -0.4 is 5.32 Å². The first kappa shape index (κ1) is 14.3. The van der Waals surface area contributed by atoms with Crippen LogP contribution in [-0.2, 0) is 6.54 Å². The van der Waals surface area contributed by atoms with E-state index in [0.717, 1.165) is 5.56 Å². The molecule has 1 N–H and O–H groups in total. The molecule has 0 radical (unpaired) electrons. The summed E-state index contributed by atoms with van der Waals surface area (Å²) in [6, 6.07) is 8.95. The second-order valence-corrected chi connectivity index (χ2v) is 4.70. The SMILES string of the molecule is Cc1c(NCc2ccc(F)cc2Cl)cccc1[N+](=O)[O-]. The smallest absolute Gasteiger partial charge is 0.274 e. The summed E-state index contributed by atoms with van der Waals surface area (Å²) in [5.74, 6) is -0.398. The van der Waals surface area contributed by atoms with E-state index < -0.39 is 10.7 Å². The lowest BCUT2D eigenvalue weighted by molar-refractivity contribution is -0.385. The summed E-state index contributed by atoms with van der Waals surface area (Å²) in [6.07, 6.45) is 0. The summed E-state index contributed by atoms with van der Waals surface area (Å²) in [7, 11) is 0. The van der Waals surface area contributed by atoms with Gasteiger partial charge in [0, 0.05) is 28.9 Å². The molecule has 0 saturated carbocycles. The Hall–Kier alpha value is -2.14. The van der Waals surface area contributed by atoms with Gasteiger partial charge in [0.05, 0.1) is 4.92 Å². The molecule has 0 heterocycles. The highest BCUT2D eigenvalue weighted by Gasteiger charge is 2.13. The van der Waals surface area contributed by atoms with Gasteiger partial charge in [0.2, 0.25) is 0 Å². The van der Waals surface area contributed by atoms with E-state index in [2.05, 4.69) is 5.32 Å². The molecule has 2 rings (SSSR count). The zero-order valence-corrected chi connectivity index (χ0v) is 11.4. The number of nitrogens with zero attached hydrogens (tertiary/aromatic N) is 1. The van der Waals surface area contributed by atoms with E-state index in [4.69, 9.17) is 11.6 Å². The quantitative estimate of drug-likeness (QED) is 0.675. The summed E-state index contributed by atoms with van der Waals surface area (Å²) in [5, 5.41) is 14.2. The standard InChI is InChI=1S/C14H12ClFN2O2/c1-9-13(3-2-4-14(9)18(19)20)17-8-10-5-6-11(16)7-12(10)15/h2-7,17H,8H2,1H3. The molecule has 0 aliphatic carbocycles. The Balaban J connectivity index is 2.19. The highest BCUT2D eigenvalue weighted by atomic mass is 35.5. The molecule has 0 saturated heterocycles. The monoisotopic (exact) mass is 294 g/mol. The summed E-state index contributed by atoms with van der Waals surface area (Å²) in [6.45, 7) is 2.04. The first-order valence-corrected chi connectivity index (χ1v) is 6.28. The second-order valence-electron chi connectivity index (χ2n) is 4.30. The Morgan fingerprint density at radius 1 is 1.35 bits per heavy atom. The molecule has 2 aromatic rings. The average molecular weight is 295 g/mol. The molecule has 104 valence electrons. The van der Waals surface area contributed by atoms with Gasteiger partial charge in [-0.2, -0.15) is 0 Å². The molecule has 2 aromatic carbocycles. The molecule has 0 bridgehead atoms. The van der Waals surface area contributed by atoms with Crippen molar-refractivity contribution in [2.45, 2.75) is 13.5 Å². The Labute approximate surface area is 120 Å². The molecule has 0 spiro atoms. The van der Waals surface area contributed by atoms with Gasteiger partial charge in [-0.3, -0.25) is 10.1 Å². The predicted molar refractivity (Wildman–Crippen MR) is 76.6 cm³/mol. The van der Waals surface area contributed by atoms with Crippen LogP contribution >= 0.6 is 11.6 Å².